The second-order valence-corrected chi connectivity index (χ2v) is 6.21. The number of furan rings is 1. The van der Waals surface area contributed by atoms with Gasteiger partial charge in [-0.15, -0.1) is 0 Å². The van der Waals surface area contributed by atoms with Crippen molar-refractivity contribution in [2.45, 2.75) is 0 Å². The van der Waals surface area contributed by atoms with Crippen LogP contribution in [0.15, 0.2) is 68.6 Å². The predicted octanol–water partition coefficient (Wildman–Crippen LogP) is 4.19. The zero-order valence-corrected chi connectivity index (χ0v) is 15.4. The molecule has 3 aromatic rings. The minimum absolute atomic E-state index is 0.0953. The van der Waals surface area contributed by atoms with E-state index in [1.54, 1.807) is 12.1 Å². The number of phenolic OH excluding ortho intramolecular Hbond substituents is 1. The van der Waals surface area contributed by atoms with Crippen molar-refractivity contribution in [3.63, 3.8) is 0 Å². The normalized spacial score (nSPS) is 10.8. The van der Waals surface area contributed by atoms with E-state index < -0.39 is 5.91 Å². The van der Waals surface area contributed by atoms with Crippen molar-refractivity contribution in [2.75, 3.05) is 7.11 Å². The summed E-state index contributed by atoms with van der Waals surface area (Å²) in [6.45, 7) is 0. The number of amides is 1. The van der Waals surface area contributed by atoms with Crippen LogP contribution in [-0.4, -0.2) is 24.3 Å². The molecule has 7 heteroatoms. The Hall–Kier alpha value is -3.06. The van der Waals surface area contributed by atoms with Gasteiger partial charge in [-0.25, -0.2) is 5.43 Å². The molecule has 0 bridgehead atoms. The van der Waals surface area contributed by atoms with Gasteiger partial charge in [-0.1, -0.05) is 28.1 Å². The predicted molar refractivity (Wildman–Crippen MR) is 102 cm³/mol. The summed E-state index contributed by atoms with van der Waals surface area (Å²) in [5.74, 6) is 0.910. The highest BCUT2D eigenvalue weighted by molar-refractivity contribution is 9.10. The van der Waals surface area contributed by atoms with Crippen LogP contribution >= 0.6 is 15.9 Å². The number of nitrogens with zero attached hydrogens (tertiary/aromatic N) is 1. The average Bonchev–Trinajstić information content (AvgIpc) is 3.11. The molecular formula is C19H15BrN2O4. The van der Waals surface area contributed by atoms with E-state index >= 15 is 0 Å². The fraction of sp³-hybridized carbons (Fsp3) is 0.0526. The number of aromatic hydroxyl groups is 1. The van der Waals surface area contributed by atoms with E-state index in [0.717, 1.165) is 10.0 Å². The molecule has 0 radical (unpaired) electrons. The highest BCUT2D eigenvalue weighted by atomic mass is 79.9. The molecule has 0 aliphatic rings. The maximum atomic E-state index is 12.1. The molecule has 1 heterocycles. The van der Waals surface area contributed by atoms with Crippen LogP contribution in [0.5, 0.6) is 11.5 Å². The number of ether oxygens (including phenoxy) is 1. The van der Waals surface area contributed by atoms with E-state index in [9.17, 15) is 9.90 Å². The lowest BCUT2D eigenvalue weighted by atomic mass is 10.2. The molecule has 0 saturated carbocycles. The van der Waals surface area contributed by atoms with Crippen LogP contribution < -0.4 is 10.2 Å². The minimum atomic E-state index is -0.541. The number of hydrogen-bond acceptors (Lipinski definition) is 5. The van der Waals surface area contributed by atoms with Gasteiger partial charge < -0.3 is 14.3 Å². The standard InChI is InChI=1S/C19H15BrN2O4/c1-25-14-6-8-16(17(23)10-14)19(24)22-21-11-15-7-9-18(26-15)12-2-4-13(20)5-3-12/h2-11,23H,1H3,(H,22,24)/b21-11-. The molecule has 26 heavy (non-hydrogen) atoms. The first-order chi connectivity index (χ1) is 12.6. The van der Waals surface area contributed by atoms with Gasteiger partial charge in [-0.2, -0.15) is 5.10 Å². The maximum absolute atomic E-state index is 12.1. The summed E-state index contributed by atoms with van der Waals surface area (Å²) in [7, 11) is 1.48. The van der Waals surface area contributed by atoms with Crippen molar-refractivity contribution in [3.05, 3.63) is 70.4 Å². The van der Waals surface area contributed by atoms with Crippen LogP contribution in [0.2, 0.25) is 0 Å². The van der Waals surface area contributed by atoms with E-state index in [4.69, 9.17) is 9.15 Å². The van der Waals surface area contributed by atoms with Gasteiger partial charge in [0, 0.05) is 16.1 Å². The fourth-order valence-corrected chi connectivity index (χ4v) is 2.50. The summed E-state index contributed by atoms with van der Waals surface area (Å²) in [4.78, 5) is 12.1. The third-order valence-corrected chi connectivity index (χ3v) is 4.09. The molecule has 0 fully saturated rings. The molecule has 0 atom stereocenters. The van der Waals surface area contributed by atoms with Crippen LogP contribution in [0.3, 0.4) is 0 Å². The molecule has 3 rings (SSSR count). The van der Waals surface area contributed by atoms with Gasteiger partial charge in [0.2, 0.25) is 0 Å². The lowest BCUT2D eigenvalue weighted by molar-refractivity contribution is 0.0952. The third kappa shape index (κ3) is 4.12. The van der Waals surface area contributed by atoms with Gasteiger partial charge >= 0.3 is 0 Å². The molecule has 2 N–H and O–H groups in total. The Kier molecular flexibility index (Phi) is 5.38. The Morgan fingerprint density at radius 2 is 1.96 bits per heavy atom. The van der Waals surface area contributed by atoms with E-state index in [-0.39, 0.29) is 11.3 Å². The number of phenols is 1. The van der Waals surface area contributed by atoms with Crippen molar-refractivity contribution >= 4 is 28.1 Å². The highest BCUT2D eigenvalue weighted by Gasteiger charge is 2.11. The number of methoxy groups -OCH3 is 1. The molecule has 0 saturated heterocycles. The lowest BCUT2D eigenvalue weighted by Crippen LogP contribution is -2.17. The van der Waals surface area contributed by atoms with Gasteiger partial charge in [0.1, 0.15) is 23.0 Å². The van der Waals surface area contributed by atoms with E-state index in [0.29, 0.717) is 17.3 Å². The van der Waals surface area contributed by atoms with Crippen molar-refractivity contribution in [2.24, 2.45) is 5.10 Å². The van der Waals surface area contributed by atoms with E-state index in [2.05, 4.69) is 26.5 Å². The number of carbonyl (C=O) groups excluding carboxylic acids is 1. The van der Waals surface area contributed by atoms with E-state index in [1.807, 2.05) is 30.3 Å². The van der Waals surface area contributed by atoms with Crippen LogP contribution in [0, 0.1) is 0 Å². The second-order valence-electron chi connectivity index (χ2n) is 5.29. The number of nitrogens with one attached hydrogen (secondary N) is 1. The Labute approximate surface area is 158 Å². The van der Waals surface area contributed by atoms with Gasteiger partial charge in [0.25, 0.3) is 5.91 Å². The number of halogens is 1. The molecule has 1 aromatic heterocycles. The van der Waals surface area contributed by atoms with Gasteiger partial charge in [-0.3, -0.25) is 4.79 Å². The number of hydrazone groups is 1. The van der Waals surface area contributed by atoms with Crippen molar-refractivity contribution in [1.82, 2.24) is 5.43 Å². The molecule has 6 nitrogen and oxygen atoms in total. The zero-order chi connectivity index (χ0) is 18.5. The third-order valence-electron chi connectivity index (χ3n) is 3.56. The topological polar surface area (TPSA) is 84.1 Å². The molecule has 0 aliphatic carbocycles. The van der Waals surface area contributed by atoms with Crippen LogP contribution in [0.4, 0.5) is 0 Å². The summed E-state index contributed by atoms with van der Waals surface area (Å²) in [6, 6.07) is 15.7. The number of rotatable bonds is 5. The Balaban J connectivity index is 1.65. The Morgan fingerprint density at radius 1 is 1.19 bits per heavy atom. The highest BCUT2D eigenvalue weighted by Crippen LogP contribution is 2.24. The van der Waals surface area contributed by atoms with Gasteiger partial charge in [0.05, 0.1) is 18.9 Å². The maximum Gasteiger partial charge on any atom is 0.275 e. The summed E-state index contributed by atoms with van der Waals surface area (Å²) in [5, 5.41) is 13.7. The first-order valence-electron chi connectivity index (χ1n) is 7.63. The summed E-state index contributed by atoms with van der Waals surface area (Å²) in [5.41, 5.74) is 3.37. The molecule has 132 valence electrons. The smallest absolute Gasteiger partial charge is 0.275 e. The first-order valence-corrected chi connectivity index (χ1v) is 8.42. The average molecular weight is 415 g/mol. The molecule has 0 spiro atoms. The monoisotopic (exact) mass is 414 g/mol. The largest absolute Gasteiger partial charge is 0.507 e. The molecule has 2 aromatic carbocycles. The minimum Gasteiger partial charge on any atom is -0.507 e. The van der Waals surface area contributed by atoms with Crippen molar-refractivity contribution in [1.29, 1.82) is 0 Å². The Bertz CT molecular complexity index is 948. The van der Waals surface area contributed by atoms with Crippen molar-refractivity contribution in [3.8, 4) is 22.8 Å². The fourth-order valence-electron chi connectivity index (χ4n) is 2.24. The molecule has 0 aliphatic heterocycles. The summed E-state index contributed by atoms with van der Waals surface area (Å²) in [6.07, 6.45) is 1.39. The number of hydrogen-bond donors (Lipinski definition) is 2. The number of carbonyl (C=O) groups is 1. The molecule has 1 amide bonds. The zero-order valence-electron chi connectivity index (χ0n) is 13.8. The quantitative estimate of drug-likeness (QED) is 0.484. The first kappa shape index (κ1) is 17.8. The van der Waals surface area contributed by atoms with Crippen LogP contribution in [-0.2, 0) is 0 Å². The number of benzene rings is 2. The molecular weight excluding hydrogens is 400 g/mol. The lowest BCUT2D eigenvalue weighted by Gasteiger charge is -2.05. The van der Waals surface area contributed by atoms with Crippen LogP contribution in [0.1, 0.15) is 16.1 Å². The summed E-state index contributed by atoms with van der Waals surface area (Å²) >= 11 is 3.39. The SMILES string of the molecule is COc1ccc(C(=O)N/N=C\c2ccc(-c3ccc(Br)cc3)o2)c(O)c1. The summed E-state index contributed by atoms with van der Waals surface area (Å²) < 4.78 is 11.6. The van der Waals surface area contributed by atoms with Crippen LogP contribution in [0.25, 0.3) is 11.3 Å². The second kappa shape index (κ2) is 7.88. The van der Waals surface area contributed by atoms with Gasteiger partial charge in [0.15, 0.2) is 0 Å². The van der Waals surface area contributed by atoms with Crippen molar-refractivity contribution < 1.29 is 19.1 Å². The Morgan fingerprint density at radius 3 is 2.65 bits per heavy atom. The molecule has 0 unspecified atom stereocenters. The van der Waals surface area contributed by atoms with E-state index in [1.165, 1.54) is 25.5 Å². The van der Waals surface area contributed by atoms with Gasteiger partial charge in [-0.05, 0) is 36.4 Å².